The zero-order valence-corrected chi connectivity index (χ0v) is 10.2. The second kappa shape index (κ2) is 5.11. The van der Waals surface area contributed by atoms with Gasteiger partial charge in [-0.3, -0.25) is 0 Å². The van der Waals surface area contributed by atoms with Crippen LogP contribution in [0, 0.1) is 6.92 Å². The van der Waals surface area contributed by atoms with Gasteiger partial charge < -0.3 is 9.84 Å². The zero-order valence-electron chi connectivity index (χ0n) is 9.48. The lowest BCUT2D eigenvalue weighted by Gasteiger charge is -2.08. The Balaban J connectivity index is 2.04. The van der Waals surface area contributed by atoms with Crippen LogP contribution in [0.1, 0.15) is 11.1 Å². The van der Waals surface area contributed by atoms with Gasteiger partial charge in [0.05, 0.1) is 0 Å². The first-order valence-electron chi connectivity index (χ1n) is 5.32. The van der Waals surface area contributed by atoms with Crippen molar-refractivity contribution in [3.63, 3.8) is 0 Å². The maximum Gasteiger partial charge on any atom is 0.120 e. The predicted octanol–water partition coefficient (Wildman–Crippen LogP) is 3.93. The Bertz CT molecular complexity index is 506. The van der Waals surface area contributed by atoms with Gasteiger partial charge in [-0.25, -0.2) is 0 Å². The molecule has 0 atom stereocenters. The second-order valence-electron chi connectivity index (χ2n) is 3.88. The van der Waals surface area contributed by atoms with Crippen LogP contribution in [0.4, 0.5) is 0 Å². The van der Waals surface area contributed by atoms with E-state index in [4.69, 9.17) is 21.4 Å². The number of hydrogen-bond donors (Lipinski definition) is 1. The van der Waals surface area contributed by atoms with E-state index >= 15 is 0 Å². The average molecular weight is 249 g/mol. The van der Waals surface area contributed by atoms with Crippen LogP contribution in [0.25, 0.3) is 0 Å². The summed E-state index contributed by atoms with van der Waals surface area (Å²) in [6.45, 7) is 2.42. The Morgan fingerprint density at radius 3 is 2.47 bits per heavy atom. The molecular formula is C14H13ClO2. The topological polar surface area (TPSA) is 29.5 Å². The maximum atomic E-state index is 9.14. The highest BCUT2D eigenvalue weighted by molar-refractivity contribution is 6.31. The molecule has 0 unspecified atom stereocenters. The maximum absolute atomic E-state index is 9.14. The lowest BCUT2D eigenvalue weighted by molar-refractivity contribution is 0.305. The first kappa shape index (κ1) is 11.8. The molecule has 0 saturated heterocycles. The van der Waals surface area contributed by atoms with Crippen molar-refractivity contribution in [3.8, 4) is 11.5 Å². The Morgan fingerprint density at radius 1 is 1.12 bits per heavy atom. The number of ether oxygens (including phenoxy) is 1. The van der Waals surface area contributed by atoms with Gasteiger partial charge in [0.25, 0.3) is 0 Å². The van der Waals surface area contributed by atoms with Gasteiger partial charge in [0.2, 0.25) is 0 Å². The van der Waals surface area contributed by atoms with Crippen LogP contribution in [0.5, 0.6) is 11.5 Å². The highest BCUT2D eigenvalue weighted by Crippen LogP contribution is 2.21. The van der Waals surface area contributed by atoms with E-state index in [1.54, 1.807) is 24.3 Å². The van der Waals surface area contributed by atoms with Crippen LogP contribution < -0.4 is 4.74 Å². The van der Waals surface area contributed by atoms with Crippen LogP contribution in [-0.2, 0) is 6.61 Å². The fourth-order valence-corrected chi connectivity index (χ4v) is 1.76. The van der Waals surface area contributed by atoms with E-state index in [1.807, 2.05) is 25.1 Å². The van der Waals surface area contributed by atoms with Crippen molar-refractivity contribution in [2.45, 2.75) is 13.5 Å². The van der Waals surface area contributed by atoms with Crippen LogP contribution in [0.3, 0.4) is 0 Å². The lowest BCUT2D eigenvalue weighted by atomic mass is 10.2. The third-order valence-electron chi connectivity index (χ3n) is 2.44. The van der Waals surface area contributed by atoms with E-state index in [9.17, 15) is 0 Å². The minimum atomic E-state index is 0.228. The van der Waals surface area contributed by atoms with E-state index in [0.717, 1.165) is 11.1 Å². The number of hydrogen-bond acceptors (Lipinski definition) is 2. The van der Waals surface area contributed by atoms with Crippen molar-refractivity contribution in [1.29, 1.82) is 0 Å². The standard InChI is InChI=1S/C14H13ClO2/c1-10-2-3-11(14(15)8-10)9-17-13-6-4-12(16)5-7-13/h2-8,16H,9H2,1H3. The highest BCUT2D eigenvalue weighted by atomic mass is 35.5. The van der Waals surface area contributed by atoms with Crippen molar-refractivity contribution < 1.29 is 9.84 Å². The van der Waals surface area contributed by atoms with E-state index in [1.165, 1.54) is 0 Å². The molecule has 17 heavy (non-hydrogen) atoms. The molecule has 2 nitrogen and oxygen atoms in total. The molecule has 0 spiro atoms. The molecule has 0 fully saturated rings. The molecule has 0 amide bonds. The number of halogens is 1. The predicted molar refractivity (Wildman–Crippen MR) is 68.6 cm³/mol. The van der Waals surface area contributed by atoms with E-state index in [-0.39, 0.29) is 5.75 Å². The second-order valence-corrected chi connectivity index (χ2v) is 4.28. The van der Waals surface area contributed by atoms with Gasteiger partial charge in [0.1, 0.15) is 18.1 Å². The fourth-order valence-electron chi connectivity index (χ4n) is 1.47. The summed E-state index contributed by atoms with van der Waals surface area (Å²) in [4.78, 5) is 0. The minimum Gasteiger partial charge on any atom is -0.508 e. The Kier molecular flexibility index (Phi) is 3.55. The van der Waals surface area contributed by atoms with Gasteiger partial charge in [-0.15, -0.1) is 0 Å². The van der Waals surface area contributed by atoms with Crippen LogP contribution in [-0.4, -0.2) is 5.11 Å². The molecular weight excluding hydrogens is 236 g/mol. The van der Waals surface area contributed by atoms with Crippen LogP contribution in [0.15, 0.2) is 42.5 Å². The summed E-state index contributed by atoms with van der Waals surface area (Å²) >= 11 is 6.10. The van der Waals surface area contributed by atoms with Gasteiger partial charge in [-0.1, -0.05) is 23.7 Å². The third-order valence-corrected chi connectivity index (χ3v) is 2.79. The Labute approximate surface area is 105 Å². The molecule has 0 heterocycles. The summed E-state index contributed by atoms with van der Waals surface area (Å²) < 4.78 is 5.57. The monoisotopic (exact) mass is 248 g/mol. The smallest absolute Gasteiger partial charge is 0.120 e. The molecule has 2 aromatic rings. The number of phenols is 1. The summed E-state index contributed by atoms with van der Waals surface area (Å²) in [7, 11) is 0. The summed E-state index contributed by atoms with van der Waals surface area (Å²) in [5, 5.41) is 9.85. The van der Waals surface area contributed by atoms with Gasteiger partial charge in [0, 0.05) is 10.6 Å². The number of phenolic OH excluding ortho intramolecular Hbond substituents is 1. The van der Waals surface area contributed by atoms with E-state index in [0.29, 0.717) is 17.4 Å². The quantitative estimate of drug-likeness (QED) is 0.892. The number of aryl methyl sites for hydroxylation is 1. The molecule has 3 heteroatoms. The average Bonchev–Trinajstić information content (AvgIpc) is 2.30. The SMILES string of the molecule is Cc1ccc(COc2ccc(O)cc2)c(Cl)c1. The number of rotatable bonds is 3. The molecule has 0 aliphatic heterocycles. The van der Waals surface area contributed by atoms with E-state index in [2.05, 4.69) is 0 Å². The Morgan fingerprint density at radius 2 is 1.82 bits per heavy atom. The Hall–Kier alpha value is -1.67. The van der Waals surface area contributed by atoms with Gasteiger partial charge >= 0.3 is 0 Å². The van der Waals surface area contributed by atoms with Crippen molar-refractivity contribution >= 4 is 11.6 Å². The zero-order chi connectivity index (χ0) is 12.3. The molecule has 0 aliphatic rings. The van der Waals surface area contributed by atoms with Crippen molar-refractivity contribution in [2.75, 3.05) is 0 Å². The normalized spacial score (nSPS) is 10.2. The first-order valence-corrected chi connectivity index (χ1v) is 5.70. The van der Waals surface area contributed by atoms with Gasteiger partial charge in [-0.05, 0) is 42.8 Å². The summed E-state index contributed by atoms with van der Waals surface area (Å²) in [6.07, 6.45) is 0. The fraction of sp³-hybridized carbons (Fsp3) is 0.143. The first-order chi connectivity index (χ1) is 8.15. The van der Waals surface area contributed by atoms with Crippen LogP contribution in [0.2, 0.25) is 5.02 Å². The summed E-state index contributed by atoms with van der Waals surface area (Å²) in [5.41, 5.74) is 2.08. The molecule has 1 N–H and O–H groups in total. The number of aromatic hydroxyl groups is 1. The molecule has 2 aromatic carbocycles. The minimum absolute atomic E-state index is 0.228. The lowest BCUT2D eigenvalue weighted by Crippen LogP contribution is -1.96. The van der Waals surface area contributed by atoms with Gasteiger partial charge in [-0.2, -0.15) is 0 Å². The summed E-state index contributed by atoms with van der Waals surface area (Å²) in [6, 6.07) is 12.5. The van der Waals surface area contributed by atoms with E-state index < -0.39 is 0 Å². The molecule has 0 radical (unpaired) electrons. The molecule has 88 valence electrons. The van der Waals surface area contributed by atoms with Crippen molar-refractivity contribution in [1.82, 2.24) is 0 Å². The van der Waals surface area contributed by atoms with Gasteiger partial charge in [0.15, 0.2) is 0 Å². The molecule has 2 rings (SSSR count). The third kappa shape index (κ3) is 3.14. The van der Waals surface area contributed by atoms with Crippen LogP contribution >= 0.6 is 11.6 Å². The molecule has 0 bridgehead atoms. The van der Waals surface area contributed by atoms with Crippen molar-refractivity contribution in [2.24, 2.45) is 0 Å². The molecule has 0 aromatic heterocycles. The highest BCUT2D eigenvalue weighted by Gasteiger charge is 2.01. The number of benzene rings is 2. The molecule has 0 saturated carbocycles. The summed E-state index contributed by atoms with van der Waals surface area (Å²) in [5.74, 6) is 0.935. The van der Waals surface area contributed by atoms with Crippen molar-refractivity contribution in [3.05, 3.63) is 58.6 Å². The molecule has 0 aliphatic carbocycles. The largest absolute Gasteiger partial charge is 0.508 e.